The Balaban J connectivity index is 1.50. The summed E-state index contributed by atoms with van der Waals surface area (Å²) in [4.78, 5) is 30.1. The van der Waals surface area contributed by atoms with Gasteiger partial charge in [-0.05, 0) is 42.5 Å². The van der Waals surface area contributed by atoms with Crippen molar-refractivity contribution >= 4 is 23.2 Å². The third-order valence-corrected chi connectivity index (χ3v) is 7.17. The lowest BCUT2D eigenvalue weighted by atomic mass is 9.93. The largest absolute Gasteiger partial charge is 0.350 e. The summed E-state index contributed by atoms with van der Waals surface area (Å²) in [5, 5.41) is 9.73. The molecule has 0 unspecified atom stereocenters. The maximum atomic E-state index is 13.8. The standard InChI is InChI=1S/C27H26N4O2S/c1-19-8-6-11-21(14-19)17-30-25(32)23-15-22(24-12-7-13-34-24)29-31(23)18-27(30,2)26(33)28-16-20-9-4-3-5-10-20/h3-15H,16-18H2,1-2H3,(H,28,33)/t27-/m1/s1. The molecule has 0 radical (unpaired) electrons. The van der Waals surface area contributed by atoms with Crippen molar-refractivity contribution in [1.29, 1.82) is 0 Å². The Morgan fingerprint density at radius 3 is 2.59 bits per heavy atom. The fourth-order valence-corrected chi connectivity index (χ4v) is 5.08. The van der Waals surface area contributed by atoms with Crippen molar-refractivity contribution in [2.75, 3.05) is 0 Å². The molecule has 0 spiro atoms. The number of thiophene rings is 1. The number of carbonyl (C=O) groups excluding carboxylic acids is 2. The zero-order valence-corrected chi connectivity index (χ0v) is 20.0. The third kappa shape index (κ3) is 4.15. The van der Waals surface area contributed by atoms with Crippen molar-refractivity contribution in [1.82, 2.24) is 20.0 Å². The van der Waals surface area contributed by atoms with Crippen LogP contribution in [0.1, 0.15) is 34.1 Å². The molecule has 6 nitrogen and oxygen atoms in total. The van der Waals surface area contributed by atoms with Crippen LogP contribution in [0.2, 0.25) is 0 Å². The quantitative estimate of drug-likeness (QED) is 0.446. The van der Waals surface area contributed by atoms with Crippen LogP contribution >= 0.6 is 11.3 Å². The number of nitrogens with one attached hydrogen (secondary N) is 1. The van der Waals surface area contributed by atoms with Gasteiger partial charge in [-0.2, -0.15) is 5.10 Å². The van der Waals surface area contributed by atoms with Crippen LogP contribution in [0.5, 0.6) is 0 Å². The first kappa shape index (κ1) is 22.1. The minimum absolute atomic E-state index is 0.194. The molecule has 2 amide bonds. The van der Waals surface area contributed by atoms with Crippen LogP contribution in [0, 0.1) is 6.92 Å². The normalized spacial score (nSPS) is 17.5. The minimum atomic E-state index is -1.10. The molecular formula is C27H26N4O2S. The zero-order valence-electron chi connectivity index (χ0n) is 19.2. The fourth-order valence-electron chi connectivity index (χ4n) is 4.40. The number of rotatable bonds is 6. The van der Waals surface area contributed by atoms with Gasteiger partial charge in [-0.15, -0.1) is 11.3 Å². The van der Waals surface area contributed by atoms with E-state index in [1.165, 1.54) is 0 Å². The first-order valence-corrected chi connectivity index (χ1v) is 12.1. The highest BCUT2D eigenvalue weighted by atomic mass is 32.1. The topological polar surface area (TPSA) is 67.2 Å². The minimum Gasteiger partial charge on any atom is -0.350 e. The molecular weight excluding hydrogens is 444 g/mol. The molecule has 0 fully saturated rings. The van der Waals surface area contributed by atoms with Crippen molar-refractivity contribution in [3.05, 3.63) is 101 Å². The highest BCUT2D eigenvalue weighted by Gasteiger charge is 2.48. The Labute approximate surface area is 202 Å². The molecule has 2 aromatic heterocycles. The maximum Gasteiger partial charge on any atom is 0.273 e. The van der Waals surface area contributed by atoms with Gasteiger partial charge in [0.2, 0.25) is 5.91 Å². The number of amides is 2. The van der Waals surface area contributed by atoms with Crippen LogP contribution < -0.4 is 5.32 Å². The smallest absolute Gasteiger partial charge is 0.273 e. The number of nitrogens with zero attached hydrogens (tertiary/aromatic N) is 3. The molecule has 34 heavy (non-hydrogen) atoms. The van der Waals surface area contributed by atoms with Gasteiger partial charge in [0.1, 0.15) is 16.9 Å². The first-order valence-electron chi connectivity index (χ1n) is 11.3. The third-order valence-electron chi connectivity index (χ3n) is 6.28. The summed E-state index contributed by atoms with van der Waals surface area (Å²) in [5.74, 6) is -0.392. The Kier molecular flexibility index (Phi) is 5.79. The van der Waals surface area contributed by atoms with E-state index in [1.54, 1.807) is 20.9 Å². The van der Waals surface area contributed by atoms with Crippen LogP contribution in [0.3, 0.4) is 0 Å². The number of hydrogen-bond donors (Lipinski definition) is 1. The molecule has 1 aliphatic heterocycles. The number of hydrogen-bond acceptors (Lipinski definition) is 4. The van der Waals surface area contributed by atoms with Crippen LogP contribution in [-0.2, 0) is 24.4 Å². The van der Waals surface area contributed by atoms with E-state index in [1.807, 2.05) is 86.0 Å². The molecule has 5 rings (SSSR count). The predicted octanol–water partition coefficient (Wildman–Crippen LogP) is 4.65. The van der Waals surface area contributed by atoms with E-state index in [4.69, 9.17) is 5.10 Å². The molecule has 1 aliphatic rings. The number of benzene rings is 2. The van der Waals surface area contributed by atoms with Crippen molar-refractivity contribution in [3.63, 3.8) is 0 Å². The number of fused-ring (bicyclic) bond motifs is 1. The van der Waals surface area contributed by atoms with Gasteiger partial charge in [0.05, 0.1) is 11.4 Å². The van der Waals surface area contributed by atoms with Crippen LogP contribution in [0.15, 0.2) is 78.2 Å². The lowest BCUT2D eigenvalue weighted by molar-refractivity contribution is -0.133. The second-order valence-corrected chi connectivity index (χ2v) is 9.82. The highest BCUT2D eigenvalue weighted by molar-refractivity contribution is 7.13. The van der Waals surface area contributed by atoms with Gasteiger partial charge < -0.3 is 10.2 Å². The van der Waals surface area contributed by atoms with E-state index < -0.39 is 5.54 Å². The van der Waals surface area contributed by atoms with E-state index in [9.17, 15) is 9.59 Å². The molecule has 1 N–H and O–H groups in total. The summed E-state index contributed by atoms with van der Waals surface area (Å²) in [6.07, 6.45) is 0. The molecule has 0 bridgehead atoms. The van der Waals surface area contributed by atoms with E-state index in [0.717, 1.165) is 27.3 Å². The Hall–Kier alpha value is -3.71. The van der Waals surface area contributed by atoms with Crippen LogP contribution in [-0.4, -0.2) is 32.0 Å². The lowest BCUT2D eigenvalue weighted by Crippen LogP contribution is -2.63. The monoisotopic (exact) mass is 470 g/mol. The molecule has 4 aromatic rings. The van der Waals surface area contributed by atoms with Gasteiger partial charge in [0.15, 0.2) is 0 Å². The first-order chi connectivity index (χ1) is 16.4. The van der Waals surface area contributed by atoms with Crippen LogP contribution in [0.25, 0.3) is 10.6 Å². The number of aromatic nitrogens is 2. The molecule has 0 aliphatic carbocycles. The Morgan fingerprint density at radius 1 is 1.06 bits per heavy atom. The average molecular weight is 471 g/mol. The Bertz CT molecular complexity index is 1330. The molecule has 2 aromatic carbocycles. The summed E-state index contributed by atoms with van der Waals surface area (Å²) in [5.41, 5.74) is 3.27. The van der Waals surface area contributed by atoms with Gasteiger partial charge in [-0.1, -0.05) is 66.2 Å². The van der Waals surface area contributed by atoms with Gasteiger partial charge in [-0.3, -0.25) is 14.3 Å². The second-order valence-electron chi connectivity index (χ2n) is 8.87. The van der Waals surface area contributed by atoms with Gasteiger partial charge in [0.25, 0.3) is 5.91 Å². The van der Waals surface area contributed by atoms with E-state index in [-0.39, 0.29) is 18.4 Å². The highest BCUT2D eigenvalue weighted by Crippen LogP contribution is 2.32. The molecule has 7 heteroatoms. The second kappa shape index (κ2) is 8.91. The van der Waals surface area contributed by atoms with Crippen molar-refractivity contribution in [2.45, 2.75) is 39.0 Å². The van der Waals surface area contributed by atoms with E-state index >= 15 is 0 Å². The SMILES string of the molecule is Cc1cccc(CN2C(=O)c3cc(-c4cccs4)nn3C[C@]2(C)C(=O)NCc2ccccc2)c1. The van der Waals surface area contributed by atoms with E-state index in [2.05, 4.69) is 11.4 Å². The van der Waals surface area contributed by atoms with Gasteiger partial charge >= 0.3 is 0 Å². The summed E-state index contributed by atoms with van der Waals surface area (Å²) in [6.45, 7) is 4.88. The number of aryl methyl sites for hydroxylation is 1. The summed E-state index contributed by atoms with van der Waals surface area (Å²) < 4.78 is 1.69. The molecule has 3 heterocycles. The molecule has 0 saturated carbocycles. The molecule has 172 valence electrons. The summed E-state index contributed by atoms with van der Waals surface area (Å²) in [6, 6.07) is 23.6. The summed E-state index contributed by atoms with van der Waals surface area (Å²) >= 11 is 1.58. The average Bonchev–Trinajstić information content (AvgIpc) is 3.51. The number of carbonyl (C=O) groups is 2. The van der Waals surface area contributed by atoms with Gasteiger partial charge in [0, 0.05) is 13.1 Å². The predicted molar refractivity (Wildman–Crippen MR) is 133 cm³/mol. The zero-order chi connectivity index (χ0) is 23.7. The van der Waals surface area contributed by atoms with Crippen molar-refractivity contribution < 1.29 is 9.59 Å². The Morgan fingerprint density at radius 2 is 1.85 bits per heavy atom. The fraction of sp³-hybridized carbons (Fsp3) is 0.222. The molecule has 0 saturated heterocycles. The van der Waals surface area contributed by atoms with Crippen molar-refractivity contribution in [3.8, 4) is 10.6 Å². The van der Waals surface area contributed by atoms with Crippen LogP contribution in [0.4, 0.5) is 0 Å². The van der Waals surface area contributed by atoms with Gasteiger partial charge in [-0.25, -0.2) is 0 Å². The van der Waals surface area contributed by atoms with E-state index in [0.29, 0.717) is 18.8 Å². The lowest BCUT2D eigenvalue weighted by Gasteiger charge is -2.43. The summed E-state index contributed by atoms with van der Waals surface area (Å²) in [7, 11) is 0. The maximum absolute atomic E-state index is 13.8. The van der Waals surface area contributed by atoms with Crippen molar-refractivity contribution in [2.24, 2.45) is 0 Å². The molecule has 1 atom stereocenters.